The summed E-state index contributed by atoms with van der Waals surface area (Å²) in [6.45, 7) is 1.30. The van der Waals surface area contributed by atoms with Crippen molar-refractivity contribution >= 4 is 35.1 Å². The predicted molar refractivity (Wildman–Crippen MR) is 121 cm³/mol. The van der Waals surface area contributed by atoms with E-state index in [-0.39, 0.29) is 25.0 Å². The number of rotatable bonds is 8. The van der Waals surface area contributed by atoms with E-state index in [4.69, 9.17) is 21.1 Å². The fraction of sp³-hybridized carbons (Fsp3) is 0.125. The van der Waals surface area contributed by atoms with E-state index in [2.05, 4.69) is 10.6 Å². The zero-order chi connectivity index (χ0) is 22.9. The van der Waals surface area contributed by atoms with E-state index in [0.717, 1.165) is 5.56 Å². The SMILES string of the molecule is CC(=O)Oc1cccc(C(=O)NCc2ccccc2NC(=O)COc2ccc(Cl)cc2)c1. The summed E-state index contributed by atoms with van der Waals surface area (Å²) >= 11 is 5.83. The summed E-state index contributed by atoms with van der Waals surface area (Å²) in [6, 6.07) is 20.1. The van der Waals surface area contributed by atoms with Crippen LogP contribution in [0.3, 0.4) is 0 Å². The summed E-state index contributed by atoms with van der Waals surface area (Å²) in [5.41, 5.74) is 1.63. The largest absolute Gasteiger partial charge is 0.484 e. The molecule has 0 aromatic heterocycles. The Bertz CT molecular complexity index is 1120. The maximum absolute atomic E-state index is 12.5. The molecule has 0 spiro atoms. The van der Waals surface area contributed by atoms with Gasteiger partial charge in [0.15, 0.2) is 6.61 Å². The number of halogens is 1. The Hall–Kier alpha value is -3.84. The van der Waals surface area contributed by atoms with Crippen LogP contribution in [-0.2, 0) is 16.1 Å². The van der Waals surface area contributed by atoms with Crippen LogP contribution in [-0.4, -0.2) is 24.4 Å². The van der Waals surface area contributed by atoms with Crippen molar-refractivity contribution in [2.24, 2.45) is 0 Å². The zero-order valence-electron chi connectivity index (χ0n) is 17.3. The van der Waals surface area contributed by atoms with Crippen LogP contribution < -0.4 is 20.1 Å². The van der Waals surface area contributed by atoms with Crippen molar-refractivity contribution in [2.75, 3.05) is 11.9 Å². The first-order chi connectivity index (χ1) is 15.4. The van der Waals surface area contributed by atoms with E-state index in [9.17, 15) is 14.4 Å². The van der Waals surface area contributed by atoms with Gasteiger partial charge in [-0.25, -0.2) is 0 Å². The molecular formula is C24H21ClN2O5. The van der Waals surface area contributed by atoms with Crippen molar-refractivity contribution in [3.05, 3.63) is 88.9 Å². The fourth-order valence-electron chi connectivity index (χ4n) is 2.81. The summed E-state index contributed by atoms with van der Waals surface area (Å²) in [5.74, 6) is -0.328. The van der Waals surface area contributed by atoms with Crippen LogP contribution in [0.1, 0.15) is 22.8 Å². The van der Waals surface area contributed by atoms with Crippen molar-refractivity contribution in [1.29, 1.82) is 0 Å². The summed E-state index contributed by atoms with van der Waals surface area (Å²) in [6.07, 6.45) is 0. The minimum absolute atomic E-state index is 0.175. The number of carbonyl (C=O) groups is 3. The number of amides is 2. The number of anilines is 1. The van der Waals surface area contributed by atoms with Crippen LogP contribution in [0.5, 0.6) is 11.5 Å². The average Bonchev–Trinajstić information content (AvgIpc) is 2.77. The van der Waals surface area contributed by atoms with Gasteiger partial charge in [-0.05, 0) is 54.1 Å². The van der Waals surface area contributed by atoms with Gasteiger partial charge in [0.1, 0.15) is 11.5 Å². The molecule has 3 aromatic carbocycles. The molecule has 0 unspecified atom stereocenters. The van der Waals surface area contributed by atoms with Gasteiger partial charge in [-0.3, -0.25) is 14.4 Å². The molecule has 0 bridgehead atoms. The van der Waals surface area contributed by atoms with Gasteiger partial charge in [0, 0.05) is 29.7 Å². The number of ether oxygens (including phenoxy) is 2. The Morgan fingerprint density at radius 3 is 2.41 bits per heavy atom. The highest BCUT2D eigenvalue weighted by molar-refractivity contribution is 6.30. The van der Waals surface area contributed by atoms with E-state index >= 15 is 0 Å². The van der Waals surface area contributed by atoms with Crippen LogP contribution in [0.4, 0.5) is 5.69 Å². The molecule has 0 aliphatic heterocycles. The molecule has 0 aliphatic rings. The van der Waals surface area contributed by atoms with Gasteiger partial charge in [-0.15, -0.1) is 0 Å². The second-order valence-electron chi connectivity index (χ2n) is 6.75. The van der Waals surface area contributed by atoms with Crippen LogP contribution in [0.25, 0.3) is 0 Å². The third kappa shape index (κ3) is 6.85. The van der Waals surface area contributed by atoms with Crippen molar-refractivity contribution in [1.82, 2.24) is 5.32 Å². The molecule has 7 nitrogen and oxygen atoms in total. The summed E-state index contributed by atoms with van der Waals surface area (Å²) in [4.78, 5) is 35.9. The van der Waals surface area contributed by atoms with E-state index in [1.54, 1.807) is 60.7 Å². The number of benzene rings is 3. The van der Waals surface area contributed by atoms with Crippen LogP contribution in [0, 0.1) is 0 Å². The molecule has 3 aromatic rings. The third-order valence-electron chi connectivity index (χ3n) is 4.27. The first-order valence-electron chi connectivity index (χ1n) is 9.73. The number of hydrogen-bond donors (Lipinski definition) is 2. The molecule has 2 amide bonds. The van der Waals surface area contributed by atoms with Gasteiger partial charge in [0.05, 0.1) is 0 Å². The fourth-order valence-corrected chi connectivity index (χ4v) is 2.93. The average molecular weight is 453 g/mol. The van der Waals surface area contributed by atoms with E-state index in [1.165, 1.54) is 13.0 Å². The maximum atomic E-state index is 12.5. The molecule has 0 fully saturated rings. The summed E-state index contributed by atoms with van der Waals surface area (Å²) in [5, 5.41) is 6.17. The Morgan fingerprint density at radius 2 is 1.66 bits per heavy atom. The highest BCUT2D eigenvalue weighted by Crippen LogP contribution is 2.18. The molecule has 3 rings (SSSR count). The molecule has 164 valence electrons. The minimum Gasteiger partial charge on any atom is -0.484 e. The quantitative estimate of drug-likeness (QED) is 0.394. The second kappa shape index (κ2) is 11.0. The molecule has 0 saturated carbocycles. The highest BCUT2D eigenvalue weighted by atomic mass is 35.5. The molecule has 2 N–H and O–H groups in total. The standard InChI is InChI=1S/C24H21ClN2O5/c1-16(28)32-21-7-4-6-17(13-21)24(30)26-14-18-5-2-3-8-22(18)27-23(29)15-31-20-11-9-19(25)10-12-20/h2-13H,14-15H2,1H3,(H,26,30)(H,27,29). The third-order valence-corrected chi connectivity index (χ3v) is 4.52. The Morgan fingerprint density at radius 1 is 0.906 bits per heavy atom. The van der Waals surface area contributed by atoms with Gasteiger partial charge < -0.3 is 20.1 Å². The van der Waals surface area contributed by atoms with E-state index in [0.29, 0.717) is 27.8 Å². The summed E-state index contributed by atoms with van der Waals surface area (Å²) in [7, 11) is 0. The van der Waals surface area contributed by atoms with Crippen molar-refractivity contribution in [2.45, 2.75) is 13.5 Å². The minimum atomic E-state index is -0.465. The highest BCUT2D eigenvalue weighted by Gasteiger charge is 2.11. The number of nitrogens with one attached hydrogen (secondary N) is 2. The van der Waals surface area contributed by atoms with Gasteiger partial charge in [0.2, 0.25) is 0 Å². The molecule has 0 heterocycles. The van der Waals surface area contributed by atoms with Gasteiger partial charge >= 0.3 is 5.97 Å². The topological polar surface area (TPSA) is 93.7 Å². The van der Waals surface area contributed by atoms with Gasteiger partial charge in [-0.1, -0.05) is 35.9 Å². The number of esters is 1. The van der Waals surface area contributed by atoms with Crippen molar-refractivity contribution in [3.63, 3.8) is 0 Å². The predicted octanol–water partition coefficient (Wildman–Crippen LogP) is 4.21. The molecule has 8 heteroatoms. The van der Waals surface area contributed by atoms with Crippen molar-refractivity contribution < 1.29 is 23.9 Å². The first kappa shape index (κ1) is 22.8. The monoisotopic (exact) mass is 452 g/mol. The molecule has 0 saturated heterocycles. The van der Waals surface area contributed by atoms with Crippen LogP contribution in [0.2, 0.25) is 5.02 Å². The number of para-hydroxylation sites is 1. The molecule has 0 radical (unpaired) electrons. The Kier molecular flexibility index (Phi) is 7.83. The molecule has 0 atom stereocenters. The number of hydrogen-bond acceptors (Lipinski definition) is 5. The smallest absolute Gasteiger partial charge is 0.308 e. The Balaban J connectivity index is 1.57. The molecular weight excluding hydrogens is 432 g/mol. The van der Waals surface area contributed by atoms with Gasteiger partial charge in [-0.2, -0.15) is 0 Å². The Labute approximate surface area is 190 Å². The second-order valence-corrected chi connectivity index (χ2v) is 7.19. The van der Waals surface area contributed by atoms with Crippen LogP contribution in [0.15, 0.2) is 72.8 Å². The van der Waals surface area contributed by atoms with Gasteiger partial charge in [0.25, 0.3) is 11.8 Å². The lowest BCUT2D eigenvalue weighted by molar-refractivity contribution is -0.131. The van der Waals surface area contributed by atoms with Crippen molar-refractivity contribution in [3.8, 4) is 11.5 Å². The van der Waals surface area contributed by atoms with Crippen LogP contribution >= 0.6 is 11.6 Å². The molecule has 32 heavy (non-hydrogen) atoms. The normalized spacial score (nSPS) is 10.2. The first-order valence-corrected chi connectivity index (χ1v) is 10.1. The zero-order valence-corrected chi connectivity index (χ0v) is 18.0. The summed E-state index contributed by atoms with van der Waals surface area (Å²) < 4.78 is 10.5. The lowest BCUT2D eigenvalue weighted by Gasteiger charge is -2.13. The lowest BCUT2D eigenvalue weighted by atomic mass is 10.1. The van der Waals surface area contributed by atoms with E-state index < -0.39 is 5.97 Å². The van der Waals surface area contributed by atoms with E-state index in [1.807, 2.05) is 6.07 Å². The molecule has 0 aliphatic carbocycles. The maximum Gasteiger partial charge on any atom is 0.308 e. The lowest BCUT2D eigenvalue weighted by Crippen LogP contribution is -2.25. The number of carbonyl (C=O) groups excluding carboxylic acids is 3.